The molecule has 3 rings (SSSR count). The molecule has 2 aromatic heterocycles. The number of ether oxygens (including phenoxy) is 1. The van der Waals surface area contributed by atoms with Crippen molar-refractivity contribution in [2.24, 2.45) is 0 Å². The van der Waals surface area contributed by atoms with Crippen LogP contribution in [-0.4, -0.2) is 32.1 Å². The maximum atomic E-state index is 12.0. The first-order valence-electron chi connectivity index (χ1n) is 8.27. The summed E-state index contributed by atoms with van der Waals surface area (Å²) in [5, 5.41) is 12.0. The minimum absolute atomic E-state index is 0.0881. The molecule has 8 heteroatoms. The van der Waals surface area contributed by atoms with Gasteiger partial charge in [-0.15, -0.1) is 0 Å². The van der Waals surface area contributed by atoms with Crippen molar-refractivity contribution in [2.45, 2.75) is 26.9 Å². The molecule has 1 N–H and O–H groups in total. The van der Waals surface area contributed by atoms with Crippen LogP contribution in [0.15, 0.2) is 42.9 Å². The van der Waals surface area contributed by atoms with E-state index in [1.807, 2.05) is 17.8 Å². The number of nitrogens with zero attached hydrogens (tertiary/aromatic N) is 4. The van der Waals surface area contributed by atoms with Crippen LogP contribution in [0.1, 0.15) is 18.2 Å². The number of benzene rings is 1. The number of rotatable bonds is 7. The number of halogens is 1. The molecule has 136 valence electrons. The first-order chi connectivity index (χ1) is 12.5. The van der Waals surface area contributed by atoms with Crippen LogP contribution in [0.2, 0.25) is 5.02 Å². The minimum atomic E-state index is -0.255. The van der Waals surface area contributed by atoms with Crippen LogP contribution in [-0.2, 0) is 17.9 Å². The maximum Gasteiger partial charge on any atom is 0.262 e. The molecule has 0 spiro atoms. The van der Waals surface area contributed by atoms with E-state index in [1.165, 1.54) is 0 Å². The minimum Gasteiger partial charge on any atom is -0.484 e. The van der Waals surface area contributed by atoms with E-state index in [-0.39, 0.29) is 12.5 Å². The lowest BCUT2D eigenvalue weighted by Crippen LogP contribution is -2.19. The summed E-state index contributed by atoms with van der Waals surface area (Å²) in [6.45, 7) is 5.43. The molecule has 0 saturated carbocycles. The van der Waals surface area contributed by atoms with Crippen molar-refractivity contribution in [2.75, 3.05) is 11.9 Å². The Balaban J connectivity index is 1.53. The van der Waals surface area contributed by atoms with E-state index in [9.17, 15) is 4.79 Å². The average Bonchev–Trinajstić information content (AvgIpc) is 3.21. The second-order valence-electron chi connectivity index (χ2n) is 5.79. The highest BCUT2D eigenvalue weighted by Gasteiger charge is 2.09. The zero-order chi connectivity index (χ0) is 18.5. The topological polar surface area (TPSA) is 74.0 Å². The van der Waals surface area contributed by atoms with Crippen molar-refractivity contribution in [1.82, 2.24) is 19.6 Å². The van der Waals surface area contributed by atoms with Gasteiger partial charge in [-0.3, -0.25) is 14.2 Å². The van der Waals surface area contributed by atoms with E-state index < -0.39 is 0 Å². The lowest BCUT2D eigenvalue weighted by molar-refractivity contribution is -0.118. The zero-order valence-electron chi connectivity index (χ0n) is 14.6. The highest BCUT2D eigenvalue weighted by atomic mass is 35.5. The second kappa shape index (κ2) is 8.05. The summed E-state index contributed by atoms with van der Waals surface area (Å²) in [6.07, 6.45) is 5.24. The van der Waals surface area contributed by atoms with Crippen LogP contribution in [0.5, 0.6) is 5.75 Å². The molecule has 0 aliphatic heterocycles. The number of anilines is 1. The number of hydrogen-bond donors (Lipinski definition) is 1. The molecule has 7 nitrogen and oxygen atoms in total. The van der Waals surface area contributed by atoms with Gasteiger partial charge in [0.05, 0.1) is 24.6 Å². The standard InChI is InChI=1S/C18H20ClN5O2/c1-3-24-13(2)14(8-21-24)10-23-11-16(9-20-23)22-18(25)12-26-17-6-4-15(19)5-7-17/h4-9,11H,3,10,12H2,1-2H3,(H,22,25). The molecular formula is C18H20ClN5O2. The fourth-order valence-electron chi connectivity index (χ4n) is 2.53. The molecule has 0 radical (unpaired) electrons. The quantitative estimate of drug-likeness (QED) is 0.690. The number of carbonyl (C=O) groups excluding carboxylic acids is 1. The van der Waals surface area contributed by atoms with Crippen LogP contribution in [0.25, 0.3) is 0 Å². The predicted octanol–water partition coefficient (Wildman–Crippen LogP) is 3.13. The van der Waals surface area contributed by atoms with Crippen LogP contribution in [0.3, 0.4) is 0 Å². The monoisotopic (exact) mass is 373 g/mol. The summed E-state index contributed by atoms with van der Waals surface area (Å²) >= 11 is 5.81. The molecule has 2 heterocycles. The van der Waals surface area contributed by atoms with Gasteiger partial charge in [0, 0.05) is 29.0 Å². The normalized spacial score (nSPS) is 10.7. The third kappa shape index (κ3) is 4.43. The largest absolute Gasteiger partial charge is 0.484 e. The van der Waals surface area contributed by atoms with E-state index in [2.05, 4.69) is 22.4 Å². The molecule has 1 aromatic carbocycles. The number of aromatic nitrogens is 4. The summed E-state index contributed by atoms with van der Waals surface area (Å²) in [5.74, 6) is 0.332. The Labute approximate surface area is 156 Å². The SMILES string of the molecule is CCn1ncc(Cn2cc(NC(=O)COc3ccc(Cl)cc3)cn2)c1C. The van der Waals surface area contributed by atoms with Crippen molar-refractivity contribution in [1.29, 1.82) is 0 Å². The molecule has 26 heavy (non-hydrogen) atoms. The first kappa shape index (κ1) is 18.0. The Hall–Kier alpha value is -2.80. The van der Waals surface area contributed by atoms with E-state index in [1.54, 1.807) is 41.3 Å². The number of carbonyl (C=O) groups is 1. The summed E-state index contributed by atoms with van der Waals surface area (Å²) < 4.78 is 9.12. The molecular weight excluding hydrogens is 354 g/mol. The van der Waals surface area contributed by atoms with Gasteiger partial charge in [-0.1, -0.05) is 11.6 Å². The fraction of sp³-hybridized carbons (Fsp3) is 0.278. The van der Waals surface area contributed by atoms with E-state index in [0.717, 1.165) is 17.8 Å². The molecule has 1 amide bonds. The molecule has 0 bridgehead atoms. The number of aryl methyl sites for hydroxylation is 1. The van der Waals surface area contributed by atoms with Gasteiger partial charge in [0.2, 0.25) is 0 Å². The molecule has 0 aliphatic carbocycles. The summed E-state index contributed by atoms with van der Waals surface area (Å²) in [7, 11) is 0. The third-order valence-electron chi connectivity index (χ3n) is 3.94. The van der Waals surface area contributed by atoms with E-state index in [4.69, 9.17) is 16.3 Å². The molecule has 0 aliphatic rings. The Kier molecular flexibility index (Phi) is 5.58. The molecule has 0 saturated heterocycles. The zero-order valence-corrected chi connectivity index (χ0v) is 15.4. The van der Waals surface area contributed by atoms with E-state index in [0.29, 0.717) is 23.0 Å². The Morgan fingerprint density at radius 1 is 1.23 bits per heavy atom. The average molecular weight is 374 g/mol. The number of nitrogens with one attached hydrogen (secondary N) is 1. The lowest BCUT2D eigenvalue weighted by atomic mass is 10.2. The first-order valence-corrected chi connectivity index (χ1v) is 8.65. The molecule has 0 atom stereocenters. The van der Waals surface area contributed by atoms with Crippen LogP contribution in [0, 0.1) is 6.92 Å². The van der Waals surface area contributed by atoms with Gasteiger partial charge in [-0.05, 0) is 38.1 Å². The predicted molar refractivity (Wildman–Crippen MR) is 99.5 cm³/mol. The number of hydrogen-bond acceptors (Lipinski definition) is 4. The Morgan fingerprint density at radius 2 is 2.00 bits per heavy atom. The molecule has 3 aromatic rings. The van der Waals surface area contributed by atoms with Gasteiger partial charge >= 0.3 is 0 Å². The van der Waals surface area contributed by atoms with Crippen molar-refractivity contribution < 1.29 is 9.53 Å². The highest BCUT2D eigenvalue weighted by Crippen LogP contribution is 2.16. The van der Waals surface area contributed by atoms with Crippen LogP contribution in [0.4, 0.5) is 5.69 Å². The van der Waals surface area contributed by atoms with Crippen molar-refractivity contribution in [3.63, 3.8) is 0 Å². The molecule has 0 unspecified atom stereocenters. The lowest BCUT2D eigenvalue weighted by Gasteiger charge is -2.06. The van der Waals surface area contributed by atoms with Gasteiger partial charge in [0.15, 0.2) is 6.61 Å². The van der Waals surface area contributed by atoms with Crippen LogP contribution >= 0.6 is 11.6 Å². The Morgan fingerprint density at radius 3 is 2.69 bits per heavy atom. The van der Waals surface area contributed by atoms with Crippen molar-refractivity contribution in [3.05, 3.63) is 59.1 Å². The smallest absolute Gasteiger partial charge is 0.262 e. The summed E-state index contributed by atoms with van der Waals surface area (Å²) in [6, 6.07) is 6.85. The number of amides is 1. The summed E-state index contributed by atoms with van der Waals surface area (Å²) in [4.78, 5) is 12.0. The Bertz CT molecular complexity index is 885. The third-order valence-corrected chi connectivity index (χ3v) is 4.19. The van der Waals surface area contributed by atoms with Crippen LogP contribution < -0.4 is 10.1 Å². The summed E-state index contributed by atoms with van der Waals surface area (Å²) in [5.41, 5.74) is 2.83. The van der Waals surface area contributed by atoms with Gasteiger partial charge < -0.3 is 10.1 Å². The second-order valence-corrected chi connectivity index (χ2v) is 6.22. The van der Waals surface area contributed by atoms with Crippen molar-refractivity contribution in [3.8, 4) is 5.75 Å². The van der Waals surface area contributed by atoms with Gasteiger partial charge in [0.1, 0.15) is 5.75 Å². The maximum absolute atomic E-state index is 12.0. The van der Waals surface area contributed by atoms with Crippen molar-refractivity contribution >= 4 is 23.2 Å². The van der Waals surface area contributed by atoms with Gasteiger partial charge in [-0.25, -0.2) is 0 Å². The van der Waals surface area contributed by atoms with Gasteiger partial charge in [0.25, 0.3) is 5.91 Å². The van der Waals surface area contributed by atoms with E-state index >= 15 is 0 Å². The molecule has 0 fully saturated rings. The highest BCUT2D eigenvalue weighted by molar-refractivity contribution is 6.30. The fourth-order valence-corrected chi connectivity index (χ4v) is 2.65. The van der Waals surface area contributed by atoms with Gasteiger partial charge in [-0.2, -0.15) is 10.2 Å².